The fraction of sp³-hybridized carbons (Fsp3) is 0.214. The first-order valence-electron chi connectivity index (χ1n) is 5.44. The number of aromatic hydroxyl groups is 1. The lowest BCUT2D eigenvalue weighted by molar-refractivity contribution is 0.474. The van der Waals surface area contributed by atoms with Gasteiger partial charge in [0.25, 0.3) is 0 Å². The summed E-state index contributed by atoms with van der Waals surface area (Å²) in [6, 6.07) is 9.16. The van der Waals surface area contributed by atoms with E-state index in [0.717, 1.165) is 11.1 Å². The van der Waals surface area contributed by atoms with Gasteiger partial charge in [0.05, 0.1) is 0 Å². The zero-order valence-corrected chi connectivity index (χ0v) is 10.4. The van der Waals surface area contributed by atoms with E-state index in [1.54, 1.807) is 18.3 Å². The van der Waals surface area contributed by atoms with Gasteiger partial charge in [-0.05, 0) is 55.7 Å². The van der Waals surface area contributed by atoms with Crippen LogP contribution < -0.4 is 5.73 Å². The van der Waals surface area contributed by atoms with Crippen molar-refractivity contribution in [3.8, 4) is 5.75 Å². The number of hydrogen-bond acceptors (Lipinski definition) is 3. The van der Waals surface area contributed by atoms with E-state index in [-0.39, 0.29) is 0 Å². The number of anilines is 1. The molecule has 90 valence electrons. The SMILES string of the molecule is Cc1ccc(O)cc1C.Cc1cccnc1N. The lowest BCUT2D eigenvalue weighted by atomic mass is 10.1. The van der Waals surface area contributed by atoms with Crippen molar-refractivity contribution in [1.29, 1.82) is 0 Å². The van der Waals surface area contributed by atoms with Gasteiger partial charge in [-0.15, -0.1) is 0 Å². The normalized spacial score (nSPS) is 9.35. The van der Waals surface area contributed by atoms with Crippen LogP contribution in [0.1, 0.15) is 16.7 Å². The van der Waals surface area contributed by atoms with Crippen LogP contribution in [0.3, 0.4) is 0 Å². The highest BCUT2D eigenvalue weighted by Gasteiger charge is 1.91. The second-order valence-electron chi connectivity index (χ2n) is 3.97. The van der Waals surface area contributed by atoms with Crippen molar-refractivity contribution in [3.05, 3.63) is 53.2 Å². The molecule has 3 N–H and O–H groups in total. The summed E-state index contributed by atoms with van der Waals surface area (Å²) >= 11 is 0. The number of aryl methyl sites for hydroxylation is 3. The van der Waals surface area contributed by atoms with Crippen LogP contribution in [-0.4, -0.2) is 10.1 Å². The summed E-state index contributed by atoms with van der Waals surface area (Å²) in [5.74, 6) is 0.964. The minimum Gasteiger partial charge on any atom is -0.508 e. The molecule has 0 bridgehead atoms. The number of nitrogen functional groups attached to an aromatic ring is 1. The molecule has 1 aromatic heterocycles. The second-order valence-corrected chi connectivity index (χ2v) is 3.97. The first kappa shape index (κ1) is 13.0. The van der Waals surface area contributed by atoms with E-state index in [9.17, 15) is 0 Å². The number of phenolic OH excluding ortho intramolecular Hbond substituents is 1. The number of nitrogens with two attached hydrogens (primary N) is 1. The highest BCUT2D eigenvalue weighted by molar-refractivity contribution is 5.36. The average Bonchev–Trinajstić information content (AvgIpc) is 2.29. The van der Waals surface area contributed by atoms with Crippen molar-refractivity contribution in [2.45, 2.75) is 20.8 Å². The standard InChI is InChI=1S/C8H10O.C6H8N2/c1-6-3-4-8(9)5-7(6)2;1-5-3-2-4-8-6(5)7/h3-5,9H,1-2H3;2-4H,1H3,(H2,7,8). The van der Waals surface area contributed by atoms with Crippen molar-refractivity contribution < 1.29 is 5.11 Å². The molecule has 17 heavy (non-hydrogen) atoms. The van der Waals surface area contributed by atoms with E-state index in [1.807, 2.05) is 39.0 Å². The van der Waals surface area contributed by atoms with Crippen molar-refractivity contribution in [3.63, 3.8) is 0 Å². The van der Waals surface area contributed by atoms with Crippen molar-refractivity contribution in [2.24, 2.45) is 0 Å². The number of pyridine rings is 1. The van der Waals surface area contributed by atoms with E-state index in [2.05, 4.69) is 4.98 Å². The smallest absolute Gasteiger partial charge is 0.126 e. The van der Waals surface area contributed by atoms with Gasteiger partial charge in [0.1, 0.15) is 11.6 Å². The summed E-state index contributed by atoms with van der Waals surface area (Å²) in [4.78, 5) is 3.86. The Balaban J connectivity index is 0.000000171. The Morgan fingerprint density at radius 1 is 1.00 bits per heavy atom. The molecule has 1 aromatic carbocycles. The summed E-state index contributed by atoms with van der Waals surface area (Å²) in [7, 11) is 0. The molecular formula is C14H18N2O. The van der Waals surface area contributed by atoms with E-state index < -0.39 is 0 Å². The van der Waals surface area contributed by atoms with E-state index >= 15 is 0 Å². The molecule has 0 atom stereocenters. The molecule has 0 amide bonds. The summed E-state index contributed by atoms with van der Waals surface area (Å²) in [6.07, 6.45) is 1.68. The van der Waals surface area contributed by atoms with Crippen LogP contribution in [0.25, 0.3) is 0 Å². The van der Waals surface area contributed by atoms with Crippen LogP contribution in [0.5, 0.6) is 5.75 Å². The van der Waals surface area contributed by atoms with Gasteiger partial charge in [-0.1, -0.05) is 12.1 Å². The minimum absolute atomic E-state index is 0.345. The molecule has 0 spiro atoms. The Morgan fingerprint density at radius 2 is 1.71 bits per heavy atom. The molecule has 2 aromatic rings. The second kappa shape index (κ2) is 5.89. The molecule has 0 aliphatic carbocycles. The molecule has 0 radical (unpaired) electrons. The summed E-state index contributed by atoms with van der Waals surface area (Å²) in [6.45, 7) is 5.94. The maximum Gasteiger partial charge on any atom is 0.126 e. The van der Waals surface area contributed by atoms with Crippen LogP contribution >= 0.6 is 0 Å². The average molecular weight is 230 g/mol. The van der Waals surface area contributed by atoms with Gasteiger partial charge < -0.3 is 10.8 Å². The van der Waals surface area contributed by atoms with Crippen molar-refractivity contribution in [1.82, 2.24) is 4.98 Å². The predicted molar refractivity (Wildman–Crippen MR) is 71.0 cm³/mol. The van der Waals surface area contributed by atoms with Crippen LogP contribution in [-0.2, 0) is 0 Å². The largest absolute Gasteiger partial charge is 0.508 e. The predicted octanol–water partition coefficient (Wildman–Crippen LogP) is 2.98. The Kier molecular flexibility index (Phi) is 4.52. The molecule has 0 aliphatic heterocycles. The number of nitrogens with zero attached hydrogens (tertiary/aromatic N) is 1. The maximum atomic E-state index is 8.94. The number of rotatable bonds is 0. The van der Waals surface area contributed by atoms with Gasteiger partial charge in [-0.3, -0.25) is 0 Å². The molecule has 3 nitrogen and oxygen atoms in total. The number of aromatic nitrogens is 1. The van der Waals surface area contributed by atoms with Gasteiger partial charge in [-0.2, -0.15) is 0 Å². The Morgan fingerprint density at radius 3 is 2.12 bits per heavy atom. The van der Waals surface area contributed by atoms with Gasteiger partial charge in [0, 0.05) is 6.20 Å². The summed E-state index contributed by atoms with van der Waals surface area (Å²) in [5.41, 5.74) is 8.79. The molecule has 0 saturated heterocycles. The molecule has 0 unspecified atom stereocenters. The van der Waals surface area contributed by atoms with Gasteiger partial charge in [-0.25, -0.2) is 4.98 Å². The van der Waals surface area contributed by atoms with Gasteiger partial charge >= 0.3 is 0 Å². The molecule has 0 fully saturated rings. The molecule has 3 heteroatoms. The van der Waals surface area contributed by atoms with Crippen LogP contribution in [0.2, 0.25) is 0 Å². The minimum atomic E-state index is 0.345. The molecular weight excluding hydrogens is 212 g/mol. The zero-order valence-electron chi connectivity index (χ0n) is 10.4. The van der Waals surface area contributed by atoms with Crippen LogP contribution in [0, 0.1) is 20.8 Å². The third-order valence-electron chi connectivity index (χ3n) is 2.54. The van der Waals surface area contributed by atoms with Gasteiger partial charge in [0.2, 0.25) is 0 Å². The quantitative estimate of drug-likeness (QED) is 0.731. The van der Waals surface area contributed by atoms with Crippen molar-refractivity contribution >= 4 is 5.82 Å². The molecule has 2 rings (SSSR count). The molecule has 0 aliphatic rings. The lowest BCUT2D eigenvalue weighted by Gasteiger charge is -1.97. The lowest BCUT2D eigenvalue weighted by Crippen LogP contribution is -1.90. The topological polar surface area (TPSA) is 59.1 Å². The Bertz CT molecular complexity index is 474. The fourth-order valence-electron chi connectivity index (χ4n) is 1.22. The first-order valence-corrected chi connectivity index (χ1v) is 5.44. The summed E-state index contributed by atoms with van der Waals surface area (Å²) < 4.78 is 0. The monoisotopic (exact) mass is 230 g/mol. The molecule has 0 saturated carbocycles. The fourth-order valence-corrected chi connectivity index (χ4v) is 1.22. The third-order valence-corrected chi connectivity index (χ3v) is 2.54. The van der Waals surface area contributed by atoms with Gasteiger partial charge in [0.15, 0.2) is 0 Å². The van der Waals surface area contributed by atoms with Crippen molar-refractivity contribution in [2.75, 3.05) is 5.73 Å². The Labute approximate surface area is 102 Å². The molecule has 1 heterocycles. The summed E-state index contributed by atoms with van der Waals surface area (Å²) in [5, 5.41) is 8.94. The Hall–Kier alpha value is -2.03. The van der Waals surface area contributed by atoms with E-state index in [0.29, 0.717) is 11.6 Å². The van der Waals surface area contributed by atoms with E-state index in [4.69, 9.17) is 10.8 Å². The van der Waals surface area contributed by atoms with Crippen LogP contribution in [0.4, 0.5) is 5.82 Å². The van der Waals surface area contributed by atoms with Crippen LogP contribution in [0.15, 0.2) is 36.5 Å². The van der Waals surface area contributed by atoms with E-state index in [1.165, 1.54) is 5.56 Å². The zero-order chi connectivity index (χ0) is 12.8. The highest BCUT2D eigenvalue weighted by Crippen LogP contribution is 2.13. The number of phenols is 1. The first-order chi connectivity index (χ1) is 8.00. The maximum absolute atomic E-state index is 8.94. The number of hydrogen-bond donors (Lipinski definition) is 2. The third kappa shape index (κ3) is 4.15. The number of benzene rings is 1. The highest BCUT2D eigenvalue weighted by atomic mass is 16.3.